The van der Waals surface area contributed by atoms with Gasteiger partial charge in [0.05, 0.1) is 17.9 Å². The average molecular weight is 314 g/mol. The first-order chi connectivity index (χ1) is 9.98. The maximum atomic E-state index is 11.6. The molecule has 0 aromatic heterocycles. The summed E-state index contributed by atoms with van der Waals surface area (Å²) in [7, 11) is -2.89. The lowest BCUT2D eigenvalue weighted by molar-refractivity contribution is -0.934. The van der Waals surface area contributed by atoms with Crippen molar-refractivity contribution in [2.24, 2.45) is 0 Å². The van der Waals surface area contributed by atoms with Crippen LogP contribution in [0.4, 0.5) is 0 Å². The van der Waals surface area contributed by atoms with E-state index in [1.807, 2.05) is 6.92 Å². The third kappa shape index (κ3) is 2.94. The van der Waals surface area contributed by atoms with E-state index in [4.69, 9.17) is 9.47 Å². The quantitative estimate of drug-likeness (QED) is 0.799. The molecule has 116 valence electrons. The van der Waals surface area contributed by atoms with Gasteiger partial charge in [-0.25, -0.2) is 8.42 Å². The van der Waals surface area contributed by atoms with Crippen molar-refractivity contribution in [3.8, 4) is 17.2 Å². The number of benzene rings is 1. The van der Waals surface area contributed by atoms with Crippen molar-refractivity contribution < 1.29 is 27.9 Å². The number of fused-ring (bicyclic) bond motifs is 1. The summed E-state index contributed by atoms with van der Waals surface area (Å²) >= 11 is 0. The SMILES string of the molecule is CC[NH+](Cc1cc2c(cc1O)OCO2)[C@@H]1CCS(=O)(=O)C1. The van der Waals surface area contributed by atoms with Crippen LogP contribution in [-0.2, 0) is 16.4 Å². The van der Waals surface area contributed by atoms with E-state index in [1.54, 1.807) is 12.1 Å². The van der Waals surface area contributed by atoms with Crippen molar-refractivity contribution in [2.75, 3.05) is 24.8 Å². The molecule has 7 heteroatoms. The van der Waals surface area contributed by atoms with Crippen molar-refractivity contribution in [3.63, 3.8) is 0 Å². The highest BCUT2D eigenvalue weighted by atomic mass is 32.2. The third-order valence-electron chi connectivity index (χ3n) is 4.26. The first kappa shape index (κ1) is 14.5. The molecule has 2 aliphatic rings. The molecule has 0 spiro atoms. The van der Waals surface area contributed by atoms with Crippen molar-refractivity contribution in [3.05, 3.63) is 17.7 Å². The Morgan fingerprint density at radius 3 is 2.67 bits per heavy atom. The topological polar surface area (TPSA) is 77.3 Å². The van der Waals surface area contributed by atoms with E-state index in [0.717, 1.165) is 12.1 Å². The Bertz CT molecular complexity index is 643. The number of nitrogens with one attached hydrogen (secondary N) is 1. The van der Waals surface area contributed by atoms with Crippen LogP contribution in [-0.4, -0.2) is 44.4 Å². The van der Waals surface area contributed by atoms with E-state index in [1.165, 1.54) is 4.90 Å². The van der Waals surface area contributed by atoms with E-state index in [-0.39, 0.29) is 30.1 Å². The fourth-order valence-electron chi connectivity index (χ4n) is 3.03. The second-order valence-electron chi connectivity index (χ2n) is 5.62. The number of hydrogen-bond donors (Lipinski definition) is 2. The summed E-state index contributed by atoms with van der Waals surface area (Å²) in [6, 6.07) is 3.46. The zero-order chi connectivity index (χ0) is 15.0. The lowest BCUT2D eigenvalue weighted by Crippen LogP contribution is -3.14. The summed E-state index contributed by atoms with van der Waals surface area (Å²) in [5, 5.41) is 10.1. The normalized spacial score (nSPS) is 24.1. The molecule has 1 aromatic rings. The molecular formula is C14H20NO5S+. The van der Waals surface area contributed by atoms with Gasteiger partial charge in [-0.3, -0.25) is 0 Å². The summed E-state index contributed by atoms with van der Waals surface area (Å²) in [6.07, 6.45) is 0.691. The predicted octanol–water partition coefficient (Wildman–Crippen LogP) is -0.287. The average Bonchev–Trinajstić information content (AvgIpc) is 3.01. The van der Waals surface area contributed by atoms with Crippen molar-refractivity contribution >= 4 is 9.84 Å². The molecule has 0 aliphatic carbocycles. The fourth-order valence-corrected chi connectivity index (χ4v) is 4.86. The highest BCUT2D eigenvalue weighted by molar-refractivity contribution is 7.91. The second kappa shape index (κ2) is 5.38. The molecule has 1 aromatic carbocycles. The molecule has 0 radical (unpaired) electrons. The molecule has 1 unspecified atom stereocenters. The van der Waals surface area contributed by atoms with E-state index < -0.39 is 9.84 Å². The first-order valence-corrected chi connectivity index (χ1v) is 8.97. The number of ether oxygens (including phenoxy) is 2. The highest BCUT2D eigenvalue weighted by Gasteiger charge is 2.35. The Kier molecular flexibility index (Phi) is 3.71. The maximum Gasteiger partial charge on any atom is 0.231 e. The molecule has 1 fully saturated rings. The Morgan fingerprint density at radius 1 is 1.33 bits per heavy atom. The van der Waals surface area contributed by atoms with Gasteiger partial charge in [0.1, 0.15) is 24.1 Å². The molecule has 0 amide bonds. The van der Waals surface area contributed by atoms with Gasteiger partial charge in [0.25, 0.3) is 0 Å². The van der Waals surface area contributed by atoms with Crippen molar-refractivity contribution in [1.29, 1.82) is 0 Å². The molecule has 2 heterocycles. The lowest BCUT2D eigenvalue weighted by Gasteiger charge is -2.24. The number of rotatable bonds is 4. The molecule has 0 saturated carbocycles. The smallest absolute Gasteiger partial charge is 0.231 e. The number of hydrogen-bond acceptors (Lipinski definition) is 5. The summed E-state index contributed by atoms with van der Waals surface area (Å²) in [6.45, 7) is 3.60. The largest absolute Gasteiger partial charge is 0.507 e. The van der Waals surface area contributed by atoms with Gasteiger partial charge in [-0.05, 0) is 13.0 Å². The van der Waals surface area contributed by atoms with Crippen LogP contribution in [0, 0.1) is 0 Å². The Morgan fingerprint density at radius 2 is 2.05 bits per heavy atom. The summed E-state index contributed by atoms with van der Waals surface area (Å²) in [5.41, 5.74) is 0.764. The highest BCUT2D eigenvalue weighted by Crippen LogP contribution is 2.37. The molecule has 3 rings (SSSR count). The van der Waals surface area contributed by atoms with Gasteiger partial charge in [-0.1, -0.05) is 0 Å². The van der Waals surface area contributed by atoms with Gasteiger partial charge < -0.3 is 19.5 Å². The number of quaternary nitrogens is 1. The van der Waals surface area contributed by atoms with Gasteiger partial charge in [-0.15, -0.1) is 0 Å². The van der Waals surface area contributed by atoms with E-state index >= 15 is 0 Å². The number of aromatic hydroxyl groups is 1. The molecule has 2 atom stereocenters. The van der Waals surface area contributed by atoms with Gasteiger partial charge in [0, 0.05) is 12.5 Å². The van der Waals surface area contributed by atoms with Crippen LogP contribution in [0.3, 0.4) is 0 Å². The molecular weight excluding hydrogens is 294 g/mol. The van der Waals surface area contributed by atoms with Crippen LogP contribution in [0.15, 0.2) is 12.1 Å². The molecule has 0 bridgehead atoms. The van der Waals surface area contributed by atoms with Crippen LogP contribution in [0.2, 0.25) is 0 Å². The van der Waals surface area contributed by atoms with Crippen molar-refractivity contribution in [1.82, 2.24) is 0 Å². The van der Waals surface area contributed by atoms with Crippen LogP contribution in [0.1, 0.15) is 18.9 Å². The molecule has 2 N–H and O–H groups in total. The predicted molar refractivity (Wildman–Crippen MR) is 76.5 cm³/mol. The van der Waals surface area contributed by atoms with Gasteiger partial charge >= 0.3 is 0 Å². The summed E-state index contributed by atoms with van der Waals surface area (Å²) < 4.78 is 33.8. The zero-order valence-electron chi connectivity index (χ0n) is 12.0. The minimum atomic E-state index is -2.89. The Labute approximate surface area is 124 Å². The number of phenols is 1. The zero-order valence-corrected chi connectivity index (χ0v) is 12.8. The fraction of sp³-hybridized carbons (Fsp3) is 0.571. The standard InChI is InChI=1S/C14H19NO5S/c1-2-15(11-3-4-21(17,18)8-11)7-10-5-13-14(6-12(10)16)20-9-19-13/h5-6,11,16H,2-4,7-9H2,1H3/p+1/t11-/m1/s1. The number of sulfone groups is 1. The second-order valence-corrected chi connectivity index (χ2v) is 7.85. The van der Waals surface area contributed by atoms with Gasteiger partial charge in [0.2, 0.25) is 6.79 Å². The Hall–Kier alpha value is -1.47. The summed E-state index contributed by atoms with van der Waals surface area (Å²) in [4.78, 5) is 1.17. The Balaban J connectivity index is 1.78. The lowest BCUT2D eigenvalue weighted by atomic mass is 10.1. The molecule has 2 aliphatic heterocycles. The van der Waals surface area contributed by atoms with Gasteiger partial charge in [0.15, 0.2) is 21.3 Å². The third-order valence-corrected chi connectivity index (χ3v) is 6.02. The maximum absolute atomic E-state index is 11.6. The minimum absolute atomic E-state index is 0.102. The van der Waals surface area contributed by atoms with E-state index in [2.05, 4.69) is 0 Å². The number of phenolic OH excluding ortho intramolecular Hbond substituents is 1. The van der Waals surface area contributed by atoms with Gasteiger partial charge in [-0.2, -0.15) is 0 Å². The van der Waals surface area contributed by atoms with Crippen LogP contribution in [0.25, 0.3) is 0 Å². The first-order valence-electron chi connectivity index (χ1n) is 7.15. The molecule has 21 heavy (non-hydrogen) atoms. The monoisotopic (exact) mass is 314 g/mol. The van der Waals surface area contributed by atoms with E-state index in [9.17, 15) is 13.5 Å². The van der Waals surface area contributed by atoms with Crippen molar-refractivity contribution in [2.45, 2.75) is 25.9 Å². The van der Waals surface area contributed by atoms with Crippen LogP contribution < -0.4 is 14.4 Å². The van der Waals surface area contributed by atoms with E-state index in [0.29, 0.717) is 24.5 Å². The molecule has 1 saturated heterocycles. The van der Waals surface area contributed by atoms with Crippen LogP contribution >= 0.6 is 0 Å². The van der Waals surface area contributed by atoms with Crippen LogP contribution in [0.5, 0.6) is 17.2 Å². The minimum Gasteiger partial charge on any atom is -0.507 e. The molecule has 6 nitrogen and oxygen atoms in total. The summed E-state index contributed by atoms with van der Waals surface area (Å²) in [5.74, 6) is 1.87.